The summed E-state index contributed by atoms with van der Waals surface area (Å²) in [4.78, 5) is 5.32. The molecule has 0 saturated heterocycles. The predicted octanol–water partition coefficient (Wildman–Crippen LogP) is 9.65. The van der Waals surface area contributed by atoms with E-state index in [0.717, 1.165) is 0 Å². The molecule has 0 aromatic heterocycles. The third-order valence-electron chi connectivity index (χ3n) is 7.07. The second-order valence-electron chi connectivity index (χ2n) is 10.1. The van der Waals surface area contributed by atoms with Crippen LogP contribution in [0.25, 0.3) is 0 Å². The molecule has 0 amide bonds. The van der Waals surface area contributed by atoms with E-state index in [1.54, 1.807) is 0 Å². The zero-order valence-electron chi connectivity index (χ0n) is 21.9. The highest BCUT2D eigenvalue weighted by atomic mass is 15.4. The minimum absolute atomic E-state index is 0.645. The maximum absolute atomic E-state index is 2.67. The Bertz CT molecular complexity index is 392. The molecule has 1 rings (SSSR count). The van der Waals surface area contributed by atoms with Gasteiger partial charge < -0.3 is 9.80 Å². The summed E-state index contributed by atoms with van der Waals surface area (Å²) >= 11 is 0. The lowest BCUT2D eigenvalue weighted by Gasteiger charge is -2.33. The van der Waals surface area contributed by atoms with Crippen molar-refractivity contribution in [2.45, 2.75) is 162 Å². The van der Waals surface area contributed by atoms with Crippen LogP contribution < -0.4 is 0 Å². The van der Waals surface area contributed by atoms with Gasteiger partial charge in [-0.25, -0.2) is 0 Å². The second kappa shape index (κ2) is 21.2. The highest BCUT2D eigenvalue weighted by Gasteiger charge is 2.24. The van der Waals surface area contributed by atoms with Crippen molar-refractivity contribution in [1.82, 2.24) is 9.80 Å². The summed E-state index contributed by atoms with van der Waals surface area (Å²) in [7, 11) is 0. The van der Waals surface area contributed by atoms with E-state index in [9.17, 15) is 0 Å². The van der Waals surface area contributed by atoms with E-state index in [1.807, 2.05) is 0 Å². The van der Waals surface area contributed by atoms with Gasteiger partial charge in [-0.2, -0.15) is 0 Å². The molecule has 1 aliphatic heterocycles. The van der Waals surface area contributed by atoms with Gasteiger partial charge in [-0.05, 0) is 25.7 Å². The molecule has 0 bridgehead atoms. The minimum atomic E-state index is 0.645. The minimum Gasteiger partial charge on any atom is -0.356 e. The molecule has 0 aliphatic carbocycles. The normalized spacial score (nSPS) is 16.0. The Hall–Kier alpha value is -0.660. The SMILES string of the molecule is CCCCCCCCCCCCCCN1C=CN(CCCCCC)C1CCCCCC. The zero-order chi connectivity index (χ0) is 22.4. The Morgan fingerprint density at radius 3 is 1.16 bits per heavy atom. The molecule has 0 aromatic carbocycles. The smallest absolute Gasteiger partial charge is 0.101 e. The molecule has 31 heavy (non-hydrogen) atoms. The van der Waals surface area contributed by atoms with Gasteiger partial charge in [-0.15, -0.1) is 0 Å². The third kappa shape index (κ3) is 14.9. The van der Waals surface area contributed by atoms with Crippen molar-refractivity contribution in [3.63, 3.8) is 0 Å². The lowest BCUT2D eigenvalue weighted by atomic mass is 10.1. The van der Waals surface area contributed by atoms with Gasteiger partial charge in [0.1, 0.15) is 6.17 Å². The average molecular weight is 435 g/mol. The van der Waals surface area contributed by atoms with E-state index in [2.05, 4.69) is 43.0 Å². The summed E-state index contributed by atoms with van der Waals surface area (Å²) in [6.07, 6.45) is 35.1. The first-order valence-electron chi connectivity index (χ1n) is 14.5. The fourth-order valence-electron chi connectivity index (χ4n) is 4.95. The zero-order valence-corrected chi connectivity index (χ0v) is 21.9. The van der Waals surface area contributed by atoms with Crippen molar-refractivity contribution < 1.29 is 0 Å². The Kier molecular flexibility index (Phi) is 19.4. The molecule has 0 radical (unpaired) electrons. The van der Waals surface area contributed by atoms with Crippen molar-refractivity contribution in [2.24, 2.45) is 0 Å². The van der Waals surface area contributed by atoms with E-state index in [4.69, 9.17) is 0 Å². The van der Waals surface area contributed by atoms with Crippen LogP contribution in [0.4, 0.5) is 0 Å². The molecule has 1 heterocycles. The fourth-order valence-corrected chi connectivity index (χ4v) is 4.95. The van der Waals surface area contributed by atoms with Gasteiger partial charge in [0.25, 0.3) is 0 Å². The molecule has 0 fully saturated rings. The number of rotatable bonds is 23. The summed E-state index contributed by atoms with van der Waals surface area (Å²) in [5.74, 6) is 0. The lowest BCUT2D eigenvalue weighted by molar-refractivity contribution is 0.135. The van der Waals surface area contributed by atoms with E-state index in [0.29, 0.717) is 6.17 Å². The number of hydrogen-bond donors (Lipinski definition) is 0. The van der Waals surface area contributed by atoms with Gasteiger partial charge >= 0.3 is 0 Å². The maximum Gasteiger partial charge on any atom is 0.101 e. The van der Waals surface area contributed by atoms with E-state index >= 15 is 0 Å². The maximum atomic E-state index is 2.67. The largest absolute Gasteiger partial charge is 0.356 e. The second-order valence-corrected chi connectivity index (χ2v) is 10.1. The molecule has 1 unspecified atom stereocenters. The van der Waals surface area contributed by atoms with Crippen molar-refractivity contribution in [3.8, 4) is 0 Å². The molecule has 184 valence electrons. The topological polar surface area (TPSA) is 6.48 Å². The van der Waals surface area contributed by atoms with E-state index in [1.165, 1.54) is 148 Å². The standard InChI is InChI=1S/C29H58N2/c1-4-7-10-13-14-15-16-17-18-19-20-23-26-31-28-27-30(25-22-12-9-6-3)29(31)24-21-11-8-5-2/h27-29H,4-26H2,1-3H3. The first-order chi connectivity index (χ1) is 15.3. The highest BCUT2D eigenvalue weighted by molar-refractivity contribution is 4.96. The molecule has 2 heteroatoms. The summed E-state index contributed by atoms with van der Waals surface area (Å²) in [6.45, 7) is 9.44. The molecule has 1 aliphatic rings. The Morgan fingerprint density at radius 1 is 0.419 bits per heavy atom. The Balaban J connectivity index is 2.13. The summed E-state index contributed by atoms with van der Waals surface area (Å²) in [5.41, 5.74) is 0. The van der Waals surface area contributed by atoms with Crippen molar-refractivity contribution in [1.29, 1.82) is 0 Å². The monoisotopic (exact) mass is 434 g/mol. The van der Waals surface area contributed by atoms with E-state index in [-0.39, 0.29) is 0 Å². The van der Waals surface area contributed by atoms with Gasteiger partial charge in [-0.3, -0.25) is 0 Å². The van der Waals surface area contributed by atoms with Crippen LogP contribution in [-0.4, -0.2) is 29.1 Å². The molecule has 1 atom stereocenters. The third-order valence-corrected chi connectivity index (χ3v) is 7.07. The van der Waals surface area contributed by atoms with Gasteiger partial charge in [0, 0.05) is 25.5 Å². The van der Waals surface area contributed by atoms with Crippen molar-refractivity contribution in [2.75, 3.05) is 13.1 Å². The average Bonchev–Trinajstić information content (AvgIpc) is 3.16. The number of unbranched alkanes of at least 4 members (excludes halogenated alkanes) is 17. The van der Waals surface area contributed by atoms with Crippen LogP contribution in [0.3, 0.4) is 0 Å². The Morgan fingerprint density at radius 2 is 0.742 bits per heavy atom. The van der Waals surface area contributed by atoms with Crippen molar-refractivity contribution >= 4 is 0 Å². The fraction of sp³-hybridized carbons (Fsp3) is 0.931. The van der Waals surface area contributed by atoms with Crippen molar-refractivity contribution in [3.05, 3.63) is 12.4 Å². The van der Waals surface area contributed by atoms with Crippen LogP contribution in [0.1, 0.15) is 156 Å². The summed E-state index contributed by atoms with van der Waals surface area (Å²) in [5, 5.41) is 0. The van der Waals surface area contributed by atoms with Crippen LogP contribution >= 0.6 is 0 Å². The van der Waals surface area contributed by atoms with Gasteiger partial charge in [-0.1, -0.05) is 130 Å². The van der Waals surface area contributed by atoms with Gasteiger partial charge in [0.2, 0.25) is 0 Å². The van der Waals surface area contributed by atoms with Crippen LogP contribution in [0.5, 0.6) is 0 Å². The molecule has 0 saturated carbocycles. The van der Waals surface area contributed by atoms with Gasteiger partial charge in [0.05, 0.1) is 0 Å². The van der Waals surface area contributed by atoms with Crippen LogP contribution in [0.15, 0.2) is 12.4 Å². The molecular formula is C29H58N2. The highest BCUT2D eigenvalue weighted by Crippen LogP contribution is 2.23. The lowest BCUT2D eigenvalue weighted by Crippen LogP contribution is -2.39. The van der Waals surface area contributed by atoms with Crippen LogP contribution in [0, 0.1) is 0 Å². The van der Waals surface area contributed by atoms with E-state index < -0.39 is 0 Å². The predicted molar refractivity (Wildman–Crippen MR) is 140 cm³/mol. The number of nitrogens with zero attached hydrogens (tertiary/aromatic N) is 2. The first kappa shape index (κ1) is 28.4. The molecule has 2 nitrogen and oxygen atoms in total. The summed E-state index contributed by atoms with van der Waals surface area (Å²) in [6, 6.07) is 0. The van der Waals surface area contributed by atoms with Crippen LogP contribution in [-0.2, 0) is 0 Å². The van der Waals surface area contributed by atoms with Crippen LogP contribution in [0.2, 0.25) is 0 Å². The Labute approximate surface area is 197 Å². The number of hydrogen-bond acceptors (Lipinski definition) is 2. The molecular weight excluding hydrogens is 376 g/mol. The van der Waals surface area contributed by atoms with Gasteiger partial charge in [0.15, 0.2) is 0 Å². The molecule has 0 aromatic rings. The summed E-state index contributed by atoms with van der Waals surface area (Å²) < 4.78 is 0. The quantitative estimate of drug-likeness (QED) is 0.148. The molecule has 0 spiro atoms. The first-order valence-corrected chi connectivity index (χ1v) is 14.5. The molecule has 0 N–H and O–H groups in total.